The zero-order valence-electron chi connectivity index (χ0n) is 19.5. The Morgan fingerprint density at radius 3 is 2.45 bits per heavy atom. The van der Waals surface area contributed by atoms with Crippen molar-refractivity contribution in [1.29, 1.82) is 0 Å². The third-order valence-corrected chi connectivity index (χ3v) is 7.33. The van der Waals surface area contributed by atoms with Crippen LogP contribution in [0.25, 0.3) is 0 Å². The summed E-state index contributed by atoms with van der Waals surface area (Å²) >= 11 is 0. The minimum atomic E-state index is -1.33. The third kappa shape index (κ3) is 8.96. The first-order valence-electron chi connectivity index (χ1n) is 11.6. The number of aliphatic hydroxyl groups is 3. The second-order valence-electron chi connectivity index (χ2n) is 9.66. The molecule has 9 atom stereocenters. The van der Waals surface area contributed by atoms with Crippen LogP contribution in [0.5, 0.6) is 0 Å². The SMILES string of the molecule is CC[C@H](C)C(=O)O[C@H]1C[C@@H](O)CC2CC[C@H](C)[C@H](CC[C@@H](O)C[C@@H](O)CC(=O)[O-])[C@H]21.[K+]. The van der Waals surface area contributed by atoms with Crippen LogP contribution < -0.4 is 56.5 Å². The molecule has 2 fully saturated rings. The van der Waals surface area contributed by atoms with E-state index >= 15 is 0 Å². The van der Waals surface area contributed by atoms with Gasteiger partial charge in [-0.15, -0.1) is 0 Å². The van der Waals surface area contributed by atoms with E-state index in [0.717, 1.165) is 25.7 Å². The second-order valence-corrected chi connectivity index (χ2v) is 9.66. The van der Waals surface area contributed by atoms with Gasteiger partial charge in [-0.25, -0.2) is 0 Å². The molecule has 0 radical (unpaired) electrons. The van der Waals surface area contributed by atoms with Crippen LogP contribution in [-0.2, 0) is 14.3 Å². The Balaban J connectivity index is 0.00000480. The van der Waals surface area contributed by atoms with E-state index in [2.05, 4.69) is 6.92 Å². The van der Waals surface area contributed by atoms with Crippen molar-refractivity contribution in [3.8, 4) is 0 Å². The quantitative estimate of drug-likeness (QED) is 0.262. The van der Waals surface area contributed by atoms with Crippen LogP contribution in [-0.4, -0.2) is 51.7 Å². The average Bonchev–Trinajstić information content (AvgIpc) is 2.65. The number of carboxylic acids is 1. The van der Waals surface area contributed by atoms with Crippen LogP contribution in [0, 0.1) is 29.6 Å². The maximum absolute atomic E-state index is 12.5. The predicted octanol–water partition coefficient (Wildman–Crippen LogP) is -1.59. The largest absolute Gasteiger partial charge is 1.00 e. The van der Waals surface area contributed by atoms with Crippen LogP contribution in [0.2, 0.25) is 0 Å². The van der Waals surface area contributed by atoms with E-state index in [0.29, 0.717) is 31.1 Å². The number of aliphatic hydroxyl groups excluding tert-OH is 3. The Morgan fingerprint density at radius 2 is 1.84 bits per heavy atom. The maximum Gasteiger partial charge on any atom is 1.00 e. The Morgan fingerprint density at radius 1 is 1.16 bits per heavy atom. The fraction of sp³-hybridized carbons (Fsp3) is 0.913. The van der Waals surface area contributed by atoms with E-state index in [9.17, 15) is 30.0 Å². The molecule has 0 spiro atoms. The van der Waals surface area contributed by atoms with Crippen molar-refractivity contribution < 1.29 is 86.1 Å². The summed E-state index contributed by atoms with van der Waals surface area (Å²) in [6.45, 7) is 6.00. The summed E-state index contributed by atoms with van der Waals surface area (Å²) in [7, 11) is 0. The first-order chi connectivity index (χ1) is 14.1. The van der Waals surface area contributed by atoms with Gasteiger partial charge in [0.2, 0.25) is 0 Å². The van der Waals surface area contributed by atoms with Crippen LogP contribution in [0.4, 0.5) is 0 Å². The number of hydrogen-bond acceptors (Lipinski definition) is 7. The molecule has 2 saturated carbocycles. The molecule has 0 saturated heterocycles. The molecule has 2 aliphatic carbocycles. The van der Waals surface area contributed by atoms with Gasteiger partial charge in [0.25, 0.3) is 0 Å². The van der Waals surface area contributed by atoms with Crippen molar-refractivity contribution in [2.45, 2.75) is 103 Å². The van der Waals surface area contributed by atoms with Crippen LogP contribution in [0.15, 0.2) is 0 Å². The Kier molecular flexibility index (Phi) is 13.3. The van der Waals surface area contributed by atoms with Gasteiger partial charge in [-0.3, -0.25) is 4.79 Å². The minimum Gasteiger partial charge on any atom is -0.550 e. The summed E-state index contributed by atoms with van der Waals surface area (Å²) in [5, 5.41) is 41.0. The molecule has 0 bridgehead atoms. The van der Waals surface area contributed by atoms with E-state index < -0.39 is 30.7 Å². The van der Waals surface area contributed by atoms with Gasteiger partial charge >= 0.3 is 57.4 Å². The molecule has 31 heavy (non-hydrogen) atoms. The molecule has 2 rings (SSSR count). The summed E-state index contributed by atoms with van der Waals surface area (Å²) in [4.78, 5) is 23.1. The second kappa shape index (κ2) is 14.0. The summed E-state index contributed by atoms with van der Waals surface area (Å²) < 4.78 is 5.90. The van der Waals surface area contributed by atoms with Gasteiger partial charge < -0.3 is 30.0 Å². The van der Waals surface area contributed by atoms with Gasteiger partial charge in [0.15, 0.2) is 0 Å². The van der Waals surface area contributed by atoms with Gasteiger partial charge in [-0.1, -0.05) is 27.2 Å². The van der Waals surface area contributed by atoms with Crippen LogP contribution in [0.3, 0.4) is 0 Å². The molecule has 2 aliphatic rings. The normalized spacial score (nSPS) is 33.4. The van der Waals surface area contributed by atoms with Crippen molar-refractivity contribution >= 4 is 11.9 Å². The number of esters is 1. The number of ether oxygens (including phenoxy) is 1. The molecule has 0 aromatic rings. The molecule has 174 valence electrons. The van der Waals surface area contributed by atoms with E-state index in [-0.39, 0.29) is 87.6 Å². The fourth-order valence-electron chi connectivity index (χ4n) is 5.47. The molecule has 7 nitrogen and oxygen atoms in total. The molecule has 0 aromatic heterocycles. The van der Waals surface area contributed by atoms with Gasteiger partial charge in [-0.05, 0) is 56.3 Å². The van der Waals surface area contributed by atoms with Gasteiger partial charge in [0.1, 0.15) is 6.10 Å². The number of carboxylic acid groups (broad SMARTS) is 1. The molecule has 0 heterocycles. The Hall–Kier alpha value is 0.456. The summed E-state index contributed by atoms with van der Waals surface area (Å²) in [6.07, 6.45) is 1.96. The number of hydrogen-bond donors (Lipinski definition) is 3. The number of fused-ring (bicyclic) bond motifs is 1. The summed E-state index contributed by atoms with van der Waals surface area (Å²) in [5.41, 5.74) is 0. The molecule has 0 aliphatic heterocycles. The number of carbonyl (C=O) groups excluding carboxylic acids is 2. The Bertz CT molecular complexity index is 572. The van der Waals surface area contributed by atoms with Crippen LogP contribution >= 0.6 is 0 Å². The molecule has 0 amide bonds. The van der Waals surface area contributed by atoms with E-state index in [1.54, 1.807) is 0 Å². The fourth-order valence-corrected chi connectivity index (χ4v) is 5.47. The third-order valence-electron chi connectivity index (χ3n) is 7.33. The van der Waals surface area contributed by atoms with E-state index in [1.807, 2.05) is 13.8 Å². The molecule has 1 unspecified atom stereocenters. The average molecular weight is 467 g/mol. The summed E-state index contributed by atoms with van der Waals surface area (Å²) in [6, 6.07) is 0. The van der Waals surface area contributed by atoms with Crippen LogP contribution in [0.1, 0.15) is 78.6 Å². The van der Waals surface area contributed by atoms with Crippen molar-refractivity contribution in [2.75, 3.05) is 0 Å². The topological polar surface area (TPSA) is 127 Å². The number of aliphatic carboxylic acids is 1. The van der Waals surface area contributed by atoms with Gasteiger partial charge in [0, 0.05) is 24.7 Å². The van der Waals surface area contributed by atoms with Crippen molar-refractivity contribution in [1.82, 2.24) is 0 Å². The first kappa shape index (κ1) is 29.5. The van der Waals surface area contributed by atoms with Crippen molar-refractivity contribution in [2.24, 2.45) is 29.6 Å². The predicted molar refractivity (Wildman–Crippen MR) is 109 cm³/mol. The molecular formula is C23H39KO7. The van der Waals surface area contributed by atoms with E-state index in [1.165, 1.54) is 0 Å². The maximum atomic E-state index is 12.5. The molecule has 8 heteroatoms. The van der Waals surface area contributed by atoms with E-state index in [4.69, 9.17) is 4.74 Å². The van der Waals surface area contributed by atoms with Gasteiger partial charge in [0.05, 0.1) is 24.2 Å². The Labute approximate surface area is 228 Å². The summed E-state index contributed by atoms with van der Waals surface area (Å²) in [5.74, 6) is -0.599. The monoisotopic (exact) mass is 466 g/mol. The molecule has 0 aromatic carbocycles. The first-order valence-corrected chi connectivity index (χ1v) is 11.6. The standard InChI is InChI=1S/C23H40O7.K/c1-4-13(2)23(29)30-20-11-17(25)9-15-6-5-14(3)19(22(15)20)8-7-16(24)10-18(26)12-21(27)28;/h13-20,22,24-26H,4-12H2,1-3H3,(H,27,28);/q;+1/p-1/t13-,14-,15?,16+,17-,18+,19-,20-,22-;/m0./s1. The number of carbonyl (C=O) groups is 2. The van der Waals surface area contributed by atoms with Crippen molar-refractivity contribution in [3.05, 3.63) is 0 Å². The molecular weight excluding hydrogens is 427 g/mol. The zero-order valence-corrected chi connectivity index (χ0v) is 22.7. The zero-order chi connectivity index (χ0) is 22.4. The number of rotatable bonds is 10. The van der Waals surface area contributed by atoms with Gasteiger partial charge in [-0.2, -0.15) is 0 Å². The van der Waals surface area contributed by atoms with Crippen molar-refractivity contribution in [3.63, 3.8) is 0 Å². The smallest absolute Gasteiger partial charge is 0.550 e. The minimum absolute atomic E-state index is 0. The molecule has 3 N–H and O–H groups in total.